The average molecular weight is 411 g/mol. The lowest BCUT2D eigenvalue weighted by Crippen LogP contribution is -2.55. The zero-order chi connectivity index (χ0) is 20.7. The summed E-state index contributed by atoms with van der Waals surface area (Å²) >= 11 is 5.92. The summed E-state index contributed by atoms with van der Waals surface area (Å²) in [5, 5.41) is 14.6. The Morgan fingerprint density at radius 1 is 1.29 bits per heavy atom. The molecule has 1 fully saturated rings. The van der Waals surface area contributed by atoms with Crippen LogP contribution in [0.15, 0.2) is 24.3 Å². The molecule has 1 saturated carbocycles. The Hall–Kier alpha value is -2.32. The topological polar surface area (TPSA) is 111 Å². The first-order chi connectivity index (χ1) is 13.3. The fraction of sp³-hybridized carbons (Fsp3) is 0.526. The first-order valence-electron chi connectivity index (χ1n) is 9.35. The van der Waals surface area contributed by atoms with Crippen molar-refractivity contribution in [2.75, 3.05) is 18.4 Å². The van der Waals surface area contributed by atoms with Gasteiger partial charge in [0.15, 0.2) is 0 Å². The molecule has 8 nitrogen and oxygen atoms in total. The summed E-state index contributed by atoms with van der Waals surface area (Å²) in [5.74, 6) is -0.882. The van der Waals surface area contributed by atoms with Gasteiger partial charge in [0.25, 0.3) is 5.91 Å². The van der Waals surface area contributed by atoms with Gasteiger partial charge in [0, 0.05) is 17.3 Å². The smallest absolute Gasteiger partial charge is 0.319 e. The molecule has 4 amide bonds. The highest BCUT2D eigenvalue weighted by Gasteiger charge is 2.32. The Morgan fingerprint density at radius 2 is 2.00 bits per heavy atom. The standard InChI is InChI=1S/C19H27ClN4O4/c1-12(2)17(22-19(27)21-15-8-4-7-14(20)9-15)18(26)24(11-16(25)23-28)10-13-5-3-6-13/h4,7-9,12-13,17,28H,3,5-6,10-11H2,1-2H3,(H,23,25)(H2,21,22,27)/t17-/m0/s1. The number of anilines is 1. The zero-order valence-corrected chi connectivity index (χ0v) is 16.8. The second kappa shape index (κ2) is 10.3. The van der Waals surface area contributed by atoms with E-state index in [0.717, 1.165) is 19.3 Å². The van der Waals surface area contributed by atoms with Crippen molar-refractivity contribution in [2.24, 2.45) is 11.8 Å². The fourth-order valence-electron chi connectivity index (χ4n) is 3.01. The molecule has 0 aliphatic heterocycles. The molecule has 1 atom stereocenters. The monoisotopic (exact) mass is 410 g/mol. The summed E-state index contributed by atoms with van der Waals surface area (Å²) < 4.78 is 0. The maximum Gasteiger partial charge on any atom is 0.319 e. The second-order valence-corrected chi connectivity index (χ2v) is 7.82. The molecule has 1 aliphatic carbocycles. The van der Waals surface area contributed by atoms with Crippen molar-refractivity contribution in [3.05, 3.63) is 29.3 Å². The highest BCUT2D eigenvalue weighted by molar-refractivity contribution is 6.30. The normalized spacial score (nSPS) is 14.8. The number of urea groups is 1. The molecule has 0 bridgehead atoms. The molecule has 0 aromatic heterocycles. The van der Waals surface area contributed by atoms with Crippen LogP contribution in [-0.2, 0) is 9.59 Å². The third kappa shape index (κ3) is 6.38. The van der Waals surface area contributed by atoms with Gasteiger partial charge in [-0.1, -0.05) is 37.9 Å². The minimum absolute atomic E-state index is 0.196. The molecule has 0 unspecified atom stereocenters. The third-order valence-corrected chi connectivity index (χ3v) is 5.01. The molecule has 1 aliphatic rings. The maximum atomic E-state index is 13.1. The number of carbonyl (C=O) groups is 3. The van der Waals surface area contributed by atoms with Crippen LogP contribution in [0.3, 0.4) is 0 Å². The number of carbonyl (C=O) groups excluding carboxylic acids is 3. The van der Waals surface area contributed by atoms with Gasteiger partial charge in [-0.3, -0.25) is 14.8 Å². The lowest BCUT2D eigenvalue weighted by molar-refractivity contribution is -0.142. The van der Waals surface area contributed by atoms with Crippen molar-refractivity contribution in [3.8, 4) is 0 Å². The molecule has 4 N–H and O–H groups in total. The SMILES string of the molecule is CC(C)[C@H](NC(=O)Nc1cccc(Cl)c1)C(=O)N(CC(=O)NO)CC1CCC1. The number of nitrogens with zero attached hydrogens (tertiary/aromatic N) is 1. The number of hydrogen-bond donors (Lipinski definition) is 4. The predicted molar refractivity (Wildman–Crippen MR) is 106 cm³/mol. The summed E-state index contributed by atoms with van der Waals surface area (Å²) in [6.45, 7) is 3.80. The van der Waals surface area contributed by atoms with E-state index in [0.29, 0.717) is 23.2 Å². The molecule has 0 radical (unpaired) electrons. The Morgan fingerprint density at radius 3 is 2.54 bits per heavy atom. The van der Waals surface area contributed by atoms with Crippen LogP contribution in [0.4, 0.5) is 10.5 Å². The predicted octanol–water partition coefficient (Wildman–Crippen LogP) is 2.62. The first kappa shape index (κ1) is 22.0. The van der Waals surface area contributed by atoms with E-state index in [1.165, 1.54) is 4.90 Å². The van der Waals surface area contributed by atoms with Gasteiger partial charge in [-0.25, -0.2) is 10.3 Å². The molecule has 28 heavy (non-hydrogen) atoms. The van der Waals surface area contributed by atoms with Crippen molar-refractivity contribution < 1.29 is 19.6 Å². The molecule has 154 valence electrons. The number of benzene rings is 1. The quantitative estimate of drug-likeness (QED) is 0.390. The van der Waals surface area contributed by atoms with E-state index in [9.17, 15) is 14.4 Å². The van der Waals surface area contributed by atoms with Gasteiger partial charge in [0.1, 0.15) is 12.6 Å². The summed E-state index contributed by atoms with van der Waals surface area (Å²) in [6.07, 6.45) is 3.10. The summed E-state index contributed by atoms with van der Waals surface area (Å²) in [5.41, 5.74) is 2.07. The van der Waals surface area contributed by atoms with Crippen LogP contribution in [-0.4, -0.2) is 47.1 Å². The Bertz CT molecular complexity index is 709. The van der Waals surface area contributed by atoms with Gasteiger partial charge in [-0.05, 0) is 42.9 Å². The van der Waals surface area contributed by atoms with Crippen molar-refractivity contribution in [1.82, 2.24) is 15.7 Å². The van der Waals surface area contributed by atoms with E-state index in [4.69, 9.17) is 16.8 Å². The van der Waals surface area contributed by atoms with E-state index in [1.54, 1.807) is 29.7 Å². The number of rotatable bonds is 8. The molecule has 9 heteroatoms. The minimum atomic E-state index is -0.814. The van der Waals surface area contributed by atoms with E-state index in [1.807, 2.05) is 13.8 Å². The van der Waals surface area contributed by atoms with Crippen LogP contribution in [0.1, 0.15) is 33.1 Å². The van der Waals surface area contributed by atoms with Gasteiger partial charge in [-0.15, -0.1) is 0 Å². The molecule has 2 rings (SSSR count). The largest absolute Gasteiger partial charge is 0.331 e. The van der Waals surface area contributed by atoms with Crippen LogP contribution in [0, 0.1) is 11.8 Å². The summed E-state index contributed by atoms with van der Waals surface area (Å²) in [7, 11) is 0. The van der Waals surface area contributed by atoms with Crippen molar-refractivity contribution in [1.29, 1.82) is 0 Å². The summed E-state index contributed by atoms with van der Waals surface area (Å²) in [4.78, 5) is 38.5. The van der Waals surface area contributed by atoms with Crippen molar-refractivity contribution >= 4 is 35.1 Å². The lowest BCUT2D eigenvalue weighted by Gasteiger charge is -2.34. The first-order valence-corrected chi connectivity index (χ1v) is 9.72. The maximum absolute atomic E-state index is 13.1. The second-order valence-electron chi connectivity index (χ2n) is 7.38. The van der Waals surface area contributed by atoms with Gasteiger partial charge < -0.3 is 15.5 Å². The minimum Gasteiger partial charge on any atom is -0.331 e. The number of hydroxylamine groups is 1. The zero-order valence-electron chi connectivity index (χ0n) is 16.1. The number of hydrogen-bond acceptors (Lipinski definition) is 4. The Kier molecular flexibility index (Phi) is 8.07. The molecule has 0 heterocycles. The molecular weight excluding hydrogens is 384 g/mol. The van der Waals surface area contributed by atoms with Crippen molar-refractivity contribution in [3.63, 3.8) is 0 Å². The van der Waals surface area contributed by atoms with Crippen LogP contribution in [0.5, 0.6) is 0 Å². The van der Waals surface area contributed by atoms with Gasteiger partial charge >= 0.3 is 6.03 Å². The lowest BCUT2D eigenvalue weighted by atomic mass is 9.85. The molecular formula is C19H27ClN4O4. The van der Waals surface area contributed by atoms with Gasteiger partial charge in [0.2, 0.25) is 5.91 Å². The van der Waals surface area contributed by atoms with Crippen LogP contribution < -0.4 is 16.1 Å². The fourth-order valence-corrected chi connectivity index (χ4v) is 3.20. The van der Waals surface area contributed by atoms with E-state index >= 15 is 0 Å². The number of amides is 4. The molecule has 1 aromatic rings. The van der Waals surface area contributed by atoms with E-state index in [2.05, 4.69) is 10.6 Å². The Balaban J connectivity index is 2.06. The highest BCUT2D eigenvalue weighted by atomic mass is 35.5. The number of halogens is 1. The highest BCUT2D eigenvalue weighted by Crippen LogP contribution is 2.27. The summed E-state index contributed by atoms with van der Waals surface area (Å²) in [6, 6.07) is 5.33. The third-order valence-electron chi connectivity index (χ3n) is 4.78. The number of nitrogens with one attached hydrogen (secondary N) is 3. The Labute approximate surface area is 169 Å². The van der Waals surface area contributed by atoms with Gasteiger partial charge in [-0.2, -0.15) is 0 Å². The van der Waals surface area contributed by atoms with Crippen molar-refractivity contribution in [2.45, 2.75) is 39.2 Å². The van der Waals surface area contributed by atoms with E-state index in [-0.39, 0.29) is 18.4 Å². The molecule has 0 spiro atoms. The molecule has 1 aromatic carbocycles. The van der Waals surface area contributed by atoms with Crippen LogP contribution in [0.2, 0.25) is 5.02 Å². The van der Waals surface area contributed by atoms with Crippen LogP contribution in [0.25, 0.3) is 0 Å². The van der Waals surface area contributed by atoms with E-state index < -0.39 is 18.0 Å². The van der Waals surface area contributed by atoms with Crippen LogP contribution >= 0.6 is 11.6 Å². The van der Waals surface area contributed by atoms with Gasteiger partial charge in [0.05, 0.1) is 0 Å². The average Bonchev–Trinajstić information content (AvgIpc) is 2.60. The molecule has 0 saturated heterocycles.